The van der Waals surface area contributed by atoms with Gasteiger partial charge in [-0.15, -0.1) is 0 Å². The van der Waals surface area contributed by atoms with E-state index >= 15 is 0 Å². The van der Waals surface area contributed by atoms with Gasteiger partial charge in [0.15, 0.2) is 0 Å². The molecule has 2 aromatic heterocycles. The third-order valence-corrected chi connectivity index (χ3v) is 3.73. The van der Waals surface area contributed by atoms with Gasteiger partial charge < -0.3 is 16.2 Å². The highest BCUT2D eigenvalue weighted by Crippen LogP contribution is 2.22. The van der Waals surface area contributed by atoms with Crippen LogP contribution >= 0.6 is 0 Å². The van der Waals surface area contributed by atoms with Crippen LogP contribution in [0.2, 0.25) is 0 Å². The van der Waals surface area contributed by atoms with Gasteiger partial charge in [0.2, 0.25) is 5.95 Å². The van der Waals surface area contributed by atoms with Crippen molar-refractivity contribution in [2.75, 3.05) is 11.9 Å². The molecule has 0 atom stereocenters. The second-order valence-corrected chi connectivity index (χ2v) is 5.45. The van der Waals surface area contributed by atoms with Crippen LogP contribution in [0.15, 0.2) is 42.9 Å². The van der Waals surface area contributed by atoms with E-state index in [1.165, 1.54) is 0 Å². The number of anilines is 2. The number of aliphatic hydroxyl groups excluding tert-OH is 1. The van der Waals surface area contributed by atoms with Crippen molar-refractivity contribution in [2.45, 2.75) is 20.0 Å². The van der Waals surface area contributed by atoms with Crippen molar-refractivity contribution in [3.63, 3.8) is 0 Å². The summed E-state index contributed by atoms with van der Waals surface area (Å²) in [5, 5.41) is 16.2. The van der Waals surface area contributed by atoms with Crippen molar-refractivity contribution in [3.05, 3.63) is 54.0 Å². The van der Waals surface area contributed by atoms with Crippen LogP contribution in [0.3, 0.4) is 0 Å². The fourth-order valence-corrected chi connectivity index (χ4v) is 2.45. The van der Waals surface area contributed by atoms with E-state index in [1.807, 2.05) is 25.1 Å². The van der Waals surface area contributed by atoms with Crippen LogP contribution in [0.5, 0.6) is 0 Å². The molecule has 1 aromatic carbocycles. The van der Waals surface area contributed by atoms with Crippen LogP contribution in [0.4, 0.5) is 11.6 Å². The first-order chi connectivity index (χ1) is 11.7. The maximum absolute atomic E-state index is 8.93. The normalized spacial score (nSPS) is 10.8. The van der Waals surface area contributed by atoms with Gasteiger partial charge in [0.05, 0.1) is 30.7 Å². The average Bonchev–Trinajstić information content (AvgIpc) is 3.02. The molecule has 4 N–H and O–H groups in total. The summed E-state index contributed by atoms with van der Waals surface area (Å²) < 4.78 is 1.65. The summed E-state index contributed by atoms with van der Waals surface area (Å²) in [7, 11) is 0. The van der Waals surface area contributed by atoms with E-state index < -0.39 is 0 Å². The van der Waals surface area contributed by atoms with E-state index in [4.69, 9.17) is 10.8 Å². The Hall–Kier alpha value is -2.77. The lowest BCUT2D eigenvalue weighted by molar-refractivity contribution is 0.269. The monoisotopic (exact) mass is 324 g/mol. The van der Waals surface area contributed by atoms with Gasteiger partial charge in [0.25, 0.3) is 0 Å². The lowest BCUT2D eigenvalue weighted by atomic mass is 10.0. The Kier molecular flexibility index (Phi) is 4.83. The molecule has 0 fully saturated rings. The smallest absolute Gasteiger partial charge is 0.227 e. The minimum atomic E-state index is 0.0469. The van der Waals surface area contributed by atoms with Crippen molar-refractivity contribution < 1.29 is 5.11 Å². The molecule has 0 saturated carbocycles. The van der Waals surface area contributed by atoms with E-state index in [1.54, 1.807) is 23.3 Å². The maximum atomic E-state index is 8.93. The number of benzene rings is 1. The number of hydrogen-bond acceptors (Lipinski definition) is 6. The van der Waals surface area contributed by atoms with Gasteiger partial charge in [-0.05, 0) is 30.2 Å². The van der Waals surface area contributed by atoms with Gasteiger partial charge >= 0.3 is 0 Å². The van der Waals surface area contributed by atoms with E-state index in [2.05, 4.69) is 26.4 Å². The number of nitrogens with two attached hydrogens (primary N) is 1. The Balaban J connectivity index is 1.82. The predicted octanol–water partition coefficient (Wildman–Crippen LogP) is 1.84. The molecule has 124 valence electrons. The highest BCUT2D eigenvalue weighted by atomic mass is 16.3. The predicted molar refractivity (Wildman–Crippen MR) is 92.7 cm³/mol. The topological polar surface area (TPSA) is 102 Å². The van der Waals surface area contributed by atoms with E-state index in [-0.39, 0.29) is 6.61 Å². The number of rotatable bonds is 6. The third kappa shape index (κ3) is 3.58. The van der Waals surface area contributed by atoms with Crippen LogP contribution in [-0.4, -0.2) is 31.5 Å². The van der Waals surface area contributed by atoms with Crippen molar-refractivity contribution in [2.24, 2.45) is 5.73 Å². The quantitative estimate of drug-likeness (QED) is 0.639. The van der Waals surface area contributed by atoms with Crippen molar-refractivity contribution in [1.82, 2.24) is 19.7 Å². The molecule has 0 amide bonds. The molecule has 0 radical (unpaired) electrons. The summed E-state index contributed by atoms with van der Waals surface area (Å²) in [6.45, 7) is 3.07. The Morgan fingerprint density at radius 2 is 2.17 bits per heavy atom. The van der Waals surface area contributed by atoms with E-state index in [0.29, 0.717) is 19.0 Å². The molecule has 24 heavy (non-hydrogen) atoms. The number of nitrogens with one attached hydrogen (secondary N) is 1. The van der Waals surface area contributed by atoms with Crippen LogP contribution in [0, 0.1) is 6.92 Å². The molecular weight excluding hydrogens is 304 g/mol. The molecule has 3 aromatic rings. The van der Waals surface area contributed by atoms with Gasteiger partial charge in [-0.1, -0.05) is 12.1 Å². The molecule has 0 unspecified atom stereocenters. The summed E-state index contributed by atoms with van der Waals surface area (Å²) in [5.41, 5.74) is 10.6. The van der Waals surface area contributed by atoms with Crippen LogP contribution in [0.1, 0.15) is 11.1 Å². The van der Waals surface area contributed by atoms with Gasteiger partial charge in [0.1, 0.15) is 0 Å². The zero-order valence-electron chi connectivity index (χ0n) is 13.5. The van der Waals surface area contributed by atoms with Gasteiger partial charge in [-0.3, -0.25) is 4.68 Å². The number of hydrogen-bond donors (Lipinski definition) is 3. The Bertz CT molecular complexity index is 829. The lowest BCUT2D eigenvalue weighted by Gasteiger charge is -2.08. The van der Waals surface area contributed by atoms with Crippen LogP contribution < -0.4 is 11.1 Å². The molecule has 0 aliphatic carbocycles. The first-order valence-corrected chi connectivity index (χ1v) is 7.73. The molecule has 2 heterocycles. The first-order valence-electron chi connectivity index (χ1n) is 7.73. The minimum absolute atomic E-state index is 0.0469. The first kappa shape index (κ1) is 16.1. The maximum Gasteiger partial charge on any atom is 0.227 e. The number of aromatic nitrogens is 4. The fourth-order valence-electron chi connectivity index (χ4n) is 2.45. The molecule has 3 rings (SSSR count). The zero-order valence-corrected chi connectivity index (χ0v) is 13.5. The van der Waals surface area contributed by atoms with Crippen molar-refractivity contribution in [3.8, 4) is 11.3 Å². The Morgan fingerprint density at radius 1 is 1.29 bits per heavy atom. The molecule has 0 bridgehead atoms. The second-order valence-electron chi connectivity index (χ2n) is 5.45. The fraction of sp³-hybridized carbons (Fsp3) is 0.235. The Labute approximate surface area is 140 Å². The summed E-state index contributed by atoms with van der Waals surface area (Å²) in [4.78, 5) is 8.79. The van der Waals surface area contributed by atoms with Crippen molar-refractivity contribution in [1.29, 1.82) is 0 Å². The molecule has 0 aliphatic heterocycles. The highest BCUT2D eigenvalue weighted by Gasteiger charge is 2.06. The number of aryl methyl sites for hydroxylation is 1. The Morgan fingerprint density at radius 3 is 2.92 bits per heavy atom. The highest BCUT2D eigenvalue weighted by molar-refractivity contribution is 5.63. The van der Waals surface area contributed by atoms with Gasteiger partial charge in [-0.2, -0.15) is 5.10 Å². The number of aliphatic hydroxyl groups is 1. The molecule has 7 heteroatoms. The molecule has 7 nitrogen and oxygen atoms in total. The molecular formula is C17H20N6O. The van der Waals surface area contributed by atoms with Crippen molar-refractivity contribution >= 4 is 11.6 Å². The SMILES string of the molecule is Cc1cc(-c2ccnc(Nc3cnn(CCO)c3)n2)ccc1CN. The molecule has 0 saturated heterocycles. The standard InChI is InChI=1S/C17H20N6O/c1-12-8-13(2-3-14(12)9-18)16-4-5-19-17(22-16)21-15-10-20-23(11-15)6-7-24/h2-5,8,10-11,24H,6-7,9,18H2,1H3,(H,19,21,22). The summed E-state index contributed by atoms with van der Waals surface area (Å²) in [6, 6.07) is 7.99. The summed E-state index contributed by atoms with van der Waals surface area (Å²) >= 11 is 0. The zero-order chi connectivity index (χ0) is 16.9. The van der Waals surface area contributed by atoms with E-state index in [9.17, 15) is 0 Å². The lowest BCUT2D eigenvalue weighted by Crippen LogP contribution is -2.02. The average molecular weight is 324 g/mol. The van der Waals surface area contributed by atoms with Crippen LogP contribution in [-0.2, 0) is 13.1 Å². The second kappa shape index (κ2) is 7.20. The molecule has 0 spiro atoms. The third-order valence-electron chi connectivity index (χ3n) is 3.73. The minimum Gasteiger partial charge on any atom is -0.394 e. The van der Waals surface area contributed by atoms with E-state index in [0.717, 1.165) is 28.1 Å². The summed E-state index contributed by atoms with van der Waals surface area (Å²) in [6.07, 6.45) is 5.19. The summed E-state index contributed by atoms with van der Waals surface area (Å²) in [5.74, 6) is 0.497. The largest absolute Gasteiger partial charge is 0.394 e. The number of nitrogens with zero attached hydrogens (tertiary/aromatic N) is 4. The van der Waals surface area contributed by atoms with Gasteiger partial charge in [-0.25, -0.2) is 9.97 Å². The van der Waals surface area contributed by atoms with Crippen LogP contribution in [0.25, 0.3) is 11.3 Å². The molecule has 0 aliphatic rings. The van der Waals surface area contributed by atoms with Gasteiger partial charge in [0, 0.05) is 24.5 Å².